The van der Waals surface area contributed by atoms with Gasteiger partial charge in [-0.3, -0.25) is 0 Å². The molecule has 0 aliphatic heterocycles. The minimum Gasteiger partial charge on any atom is -0.477 e. The summed E-state index contributed by atoms with van der Waals surface area (Å²) in [7, 11) is 0. The number of carboxylic acids is 1. The molecule has 4 rings (SSSR count). The predicted octanol–water partition coefficient (Wildman–Crippen LogP) is 4.27. The van der Waals surface area contributed by atoms with Crippen LogP contribution in [0.4, 0.5) is 0 Å². The van der Waals surface area contributed by atoms with E-state index < -0.39 is 5.97 Å². The van der Waals surface area contributed by atoms with Gasteiger partial charge in [-0.1, -0.05) is 42.5 Å². The molecule has 1 atom stereocenters. The third kappa shape index (κ3) is 2.93. The third-order valence-electron chi connectivity index (χ3n) is 4.71. The van der Waals surface area contributed by atoms with Crippen LogP contribution in [0, 0.1) is 0 Å². The van der Waals surface area contributed by atoms with Crippen molar-refractivity contribution in [2.75, 3.05) is 0 Å². The predicted molar refractivity (Wildman–Crippen MR) is 102 cm³/mol. The fraction of sp³-hybridized carbons (Fsp3) is 0.143. The van der Waals surface area contributed by atoms with E-state index in [0.717, 1.165) is 27.4 Å². The summed E-state index contributed by atoms with van der Waals surface area (Å²) < 4.78 is 0. The summed E-state index contributed by atoms with van der Waals surface area (Å²) >= 11 is 0. The Labute approximate surface area is 150 Å². The molecule has 0 saturated heterocycles. The molecule has 1 unspecified atom stereocenters. The maximum atomic E-state index is 11.3. The molecular formula is C21H19N3O2. The Hall–Kier alpha value is -3.18. The molecule has 0 radical (unpaired) electrons. The first-order chi connectivity index (χ1) is 12.6. The Bertz CT molecular complexity index is 1090. The van der Waals surface area contributed by atoms with Crippen molar-refractivity contribution in [3.63, 3.8) is 0 Å². The molecule has 0 amide bonds. The average Bonchev–Trinajstić information content (AvgIpc) is 3.05. The third-order valence-corrected chi connectivity index (χ3v) is 4.71. The highest BCUT2D eigenvalue weighted by Crippen LogP contribution is 2.29. The van der Waals surface area contributed by atoms with Gasteiger partial charge < -0.3 is 15.4 Å². The number of hydrogen-bond acceptors (Lipinski definition) is 3. The minimum absolute atomic E-state index is 0.0545. The Morgan fingerprint density at radius 1 is 1.15 bits per heavy atom. The van der Waals surface area contributed by atoms with Crippen molar-refractivity contribution in [2.45, 2.75) is 19.5 Å². The second kappa shape index (κ2) is 6.61. The van der Waals surface area contributed by atoms with Gasteiger partial charge in [-0.05, 0) is 30.2 Å². The lowest BCUT2D eigenvalue weighted by molar-refractivity contribution is 0.0690. The lowest BCUT2D eigenvalue weighted by Gasteiger charge is -2.15. The zero-order valence-electron chi connectivity index (χ0n) is 14.4. The van der Waals surface area contributed by atoms with Gasteiger partial charge in [0.25, 0.3) is 0 Å². The van der Waals surface area contributed by atoms with Crippen LogP contribution in [0.1, 0.15) is 34.6 Å². The van der Waals surface area contributed by atoms with Gasteiger partial charge in [0.15, 0.2) is 0 Å². The first-order valence-corrected chi connectivity index (χ1v) is 8.54. The van der Waals surface area contributed by atoms with Gasteiger partial charge in [-0.15, -0.1) is 0 Å². The maximum Gasteiger partial charge on any atom is 0.354 e. The topological polar surface area (TPSA) is 78.0 Å². The van der Waals surface area contributed by atoms with Gasteiger partial charge in [0.05, 0.1) is 11.7 Å². The number of aromatic amines is 1. The maximum absolute atomic E-state index is 11.3. The summed E-state index contributed by atoms with van der Waals surface area (Å²) in [6.07, 6.45) is 1.59. The van der Waals surface area contributed by atoms with Crippen molar-refractivity contribution < 1.29 is 9.90 Å². The zero-order chi connectivity index (χ0) is 18.1. The molecule has 3 N–H and O–H groups in total. The van der Waals surface area contributed by atoms with E-state index >= 15 is 0 Å². The number of rotatable bonds is 5. The second-order valence-electron chi connectivity index (χ2n) is 6.40. The highest BCUT2D eigenvalue weighted by Gasteiger charge is 2.13. The standard InChI is InChI=1S/C21H19N3O2/c1-13(14-6-3-2-4-7-14)22-11-15-8-5-9-17-20(15)16-10-18(21(25)26)23-12-19(16)24-17/h2-10,12-13,22,24H,11H2,1H3,(H,25,26). The van der Waals surface area contributed by atoms with Crippen LogP contribution in [0.15, 0.2) is 60.8 Å². The largest absolute Gasteiger partial charge is 0.477 e. The van der Waals surface area contributed by atoms with E-state index in [9.17, 15) is 9.90 Å². The molecule has 0 fully saturated rings. The van der Waals surface area contributed by atoms with Gasteiger partial charge in [-0.2, -0.15) is 0 Å². The molecule has 5 nitrogen and oxygen atoms in total. The number of nitrogens with zero attached hydrogens (tertiary/aromatic N) is 1. The van der Waals surface area contributed by atoms with Crippen molar-refractivity contribution in [3.05, 3.63) is 77.6 Å². The lowest BCUT2D eigenvalue weighted by Crippen LogP contribution is -2.18. The first-order valence-electron chi connectivity index (χ1n) is 8.54. The van der Waals surface area contributed by atoms with Crippen LogP contribution in [-0.4, -0.2) is 21.0 Å². The van der Waals surface area contributed by atoms with Crippen LogP contribution in [0.2, 0.25) is 0 Å². The van der Waals surface area contributed by atoms with Gasteiger partial charge in [0.1, 0.15) is 5.69 Å². The van der Waals surface area contributed by atoms with Crippen molar-refractivity contribution in [1.29, 1.82) is 0 Å². The lowest BCUT2D eigenvalue weighted by atomic mass is 10.0. The molecule has 2 aromatic carbocycles. The number of benzene rings is 2. The van der Waals surface area contributed by atoms with Crippen LogP contribution in [0.3, 0.4) is 0 Å². The van der Waals surface area contributed by atoms with E-state index in [0.29, 0.717) is 6.54 Å². The summed E-state index contributed by atoms with van der Waals surface area (Å²) in [5, 5.41) is 14.7. The van der Waals surface area contributed by atoms with Crippen molar-refractivity contribution in [3.8, 4) is 0 Å². The highest BCUT2D eigenvalue weighted by atomic mass is 16.4. The molecule has 26 heavy (non-hydrogen) atoms. The molecule has 0 aliphatic carbocycles. The van der Waals surface area contributed by atoms with E-state index in [-0.39, 0.29) is 11.7 Å². The molecule has 2 aromatic heterocycles. The Kier molecular flexibility index (Phi) is 4.14. The summed E-state index contributed by atoms with van der Waals surface area (Å²) in [4.78, 5) is 18.6. The molecule has 2 heterocycles. The van der Waals surface area contributed by atoms with Gasteiger partial charge in [-0.25, -0.2) is 9.78 Å². The average molecular weight is 345 g/mol. The normalized spacial score (nSPS) is 12.5. The van der Waals surface area contributed by atoms with Crippen LogP contribution >= 0.6 is 0 Å². The number of hydrogen-bond donors (Lipinski definition) is 3. The molecule has 0 bridgehead atoms. The number of carboxylic acid groups (broad SMARTS) is 1. The first kappa shape index (κ1) is 16.3. The van der Waals surface area contributed by atoms with Crippen molar-refractivity contribution >= 4 is 27.8 Å². The molecule has 0 spiro atoms. The van der Waals surface area contributed by atoms with Crippen LogP contribution in [0.25, 0.3) is 21.8 Å². The van der Waals surface area contributed by atoms with E-state index in [4.69, 9.17) is 0 Å². The smallest absolute Gasteiger partial charge is 0.354 e. The monoisotopic (exact) mass is 345 g/mol. The minimum atomic E-state index is -1.02. The van der Waals surface area contributed by atoms with Crippen LogP contribution in [-0.2, 0) is 6.54 Å². The molecule has 5 heteroatoms. The second-order valence-corrected chi connectivity index (χ2v) is 6.40. The molecule has 0 aliphatic rings. The number of nitrogens with one attached hydrogen (secondary N) is 2. The Balaban J connectivity index is 1.71. The molecule has 4 aromatic rings. The molecule has 0 saturated carbocycles. The van der Waals surface area contributed by atoms with E-state index in [1.165, 1.54) is 5.56 Å². The van der Waals surface area contributed by atoms with Crippen LogP contribution < -0.4 is 5.32 Å². The van der Waals surface area contributed by atoms with Crippen LogP contribution in [0.5, 0.6) is 0 Å². The SMILES string of the molecule is CC(NCc1cccc2[nH]c3cnc(C(=O)O)cc3c12)c1ccccc1. The van der Waals surface area contributed by atoms with Gasteiger partial charge in [0, 0.05) is 28.9 Å². The number of fused-ring (bicyclic) bond motifs is 3. The number of aromatic nitrogens is 2. The Morgan fingerprint density at radius 3 is 2.73 bits per heavy atom. The summed E-state index contributed by atoms with van der Waals surface area (Å²) in [6, 6.07) is 18.2. The fourth-order valence-electron chi connectivity index (χ4n) is 3.32. The van der Waals surface area contributed by atoms with E-state index in [1.807, 2.05) is 30.3 Å². The van der Waals surface area contributed by atoms with E-state index in [1.54, 1.807) is 12.3 Å². The summed E-state index contributed by atoms with van der Waals surface area (Å²) in [6.45, 7) is 2.82. The number of aromatic carboxylic acids is 1. The number of pyridine rings is 1. The van der Waals surface area contributed by atoms with Crippen molar-refractivity contribution in [2.24, 2.45) is 0 Å². The number of carbonyl (C=O) groups is 1. The van der Waals surface area contributed by atoms with E-state index in [2.05, 4.69) is 40.4 Å². The Morgan fingerprint density at radius 2 is 1.96 bits per heavy atom. The summed E-state index contributed by atoms with van der Waals surface area (Å²) in [5.74, 6) is -1.02. The highest BCUT2D eigenvalue weighted by molar-refractivity contribution is 6.10. The zero-order valence-corrected chi connectivity index (χ0v) is 14.4. The van der Waals surface area contributed by atoms with Gasteiger partial charge >= 0.3 is 5.97 Å². The quantitative estimate of drug-likeness (QED) is 0.505. The molecule has 130 valence electrons. The number of H-pyrrole nitrogens is 1. The molecular weight excluding hydrogens is 326 g/mol. The van der Waals surface area contributed by atoms with Gasteiger partial charge in [0.2, 0.25) is 0 Å². The fourth-order valence-corrected chi connectivity index (χ4v) is 3.32. The summed E-state index contributed by atoms with van der Waals surface area (Å²) in [5.41, 5.74) is 4.23. The van der Waals surface area contributed by atoms with Crippen molar-refractivity contribution in [1.82, 2.24) is 15.3 Å².